The topological polar surface area (TPSA) is 65.0 Å². The van der Waals surface area contributed by atoms with E-state index in [9.17, 15) is 9.59 Å². The van der Waals surface area contributed by atoms with E-state index >= 15 is 0 Å². The zero-order chi connectivity index (χ0) is 26.7. The standard InChI is InChI=1S/C32H36N4O2/c1-32(2,3)28(33-19-12-20-36-30(37)25-17-10-11-18-26(25)31(36)38)29-34-27(24-15-8-5-9-16-24)22-35(29)21-23-13-6-4-7-14-23/h4-11,13-18,27-28,33H,12,19-22H2,1-3H3/t27?,28-/m0/s1. The zero-order valence-electron chi connectivity index (χ0n) is 22.4. The van der Waals surface area contributed by atoms with E-state index < -0.39 is 0 Å². The number of carbonyl (C=O) groups is 2. The monoisotopic (exact) mass is 508 g/mol. The van der Waals surface area contributed by atoms with Crippen LogP contribution in [0.25, 0.3) is 0 Å². The lowest BCUT2D eigenvalue weighted by Crippen LogP contribution is -2.52. The highest BCUT2D eigenvalue weighted by atomic mass is 16.2. The van der Waals surface area contributed by atoms with Crippen molar-refractivity contribution in [1.82, 2.24) is 15.1 Å². The van der Waals surface area contributed by atoms with Crippen LogP contribution < -0.4 is 5.32 Å². The summed E-state index contributed by atoms with van der Waals surface area (Å²) in [6.07, 6.45) is 0.673. The molecular formula is C32H36N4O2. The summed E-state index contributed by atoms with van der Waals surface area (Å²) in [5.41, 5.74) is 3.39. The lowest BCUT2D eigenvalue weighted by molar-refractivity contribution is 0.0652. The summed E-state index contributed by atoms with van der Waals surface area (Å²) in [7, 11) is 0. The summed E-state index contributed by atoms with van der Waals surface area (Å²) in [5.74, 6) is 0.673. The predicted molar refractivity (Wildman–Crippen MR) is 151 cm³/mol. The molecule has 0 aliphatic carbocycles. The largest absolute Gasteiger partial charge is 0.352 e. The van der Waals surface area contributed by atoms with Gasteiger partial charge in [-0.05, 0) is 41.6 Å². The fourth-order valence-corrected chi connectivity index (χ4v) is 5.36. The van der Waals surface area contributed by atoms with Crippen molar-refractivity contribution in [3.8, 4) is 0 Å². The SMILES string of the molecule is CC(C)(C)[C@@H](NCCCN1C(=O)c2ccccc2C1=O)C1=NC(c2ccccc2)CN1Cc1ccccc1. The van der Waals surface area contributed by atoms with Gasteiger partial charge in [0.15, 0.2) is 0 Å². The van der Waals surface area contributed by atoms with Crippen LogP contribution in [-0.2, 0) is 6.54 Å². The van der Waals surface area contributed by atoms with Crippen LogP contribution in [0.1, 0.15) is 65.1 Å². The third-order valence-corrected chi connectivity index (χ3v) is 7.32. The van der Waals surface area contributed by atoms with Gasteiger partial charge in [0.25, 0.3) is 11.8 Å². The van der Waals surface area contributed by atoms with Gasteiger partial charge in [-0.2, -0.15) is 0 Å². The molecule has 0 bridgehead atoms. The predicted octanol–water partition coefficient (Wildman–Crippen LogP) is 5.33. The van der Waals surface area contributed by atoms with Gasteiger partial charge in [0, 0.05) is 19.6 Å². The average molecular weight is 509 g/mol. The van der Waals surface area contributed by atoms with Crippen LogP contribution in [-0.4, -0.2) is 53.1 Å². The van der Waals surface area contributed by atoms with Gasteiger partial charge < -0.3 is 10.2 Å². The van der Waals surface area contributed by atoms with Crippen molar-refractivity contribution in [1.29, 1.82) is 0 Å². The van der Waals surface area contributed by atoms with Gasteiger partial charge in [0.2, 0.25) is 0 Å². The molecule has 3 aromatic rings. The van der Waals surface area contributed by atoms with E-state index in [-0.39, 0.29) is 29.3 Å². The number of aliphatic imine (C=N–C) groups is 1. The lowest BCUT2D eigenvalue weighted by Gasteiger charge is -2.36. The van der Waals surface area contributed by atoms with Crippen molar-refractivity contribution in [3.05, 3.63) is 107 Å². The molecule has 0 spiro atoms. The molecule has 0 saturated heterocycles. The summed E-state index contributed by atoms with van der Waals surface area (Å²) < 4.78 is 0. The molecular weight excluding hydrogens is 472 g/mol. The van der Waals surface area contributed by atoms with Crippen molar-refractivity contribution in [3.63, 3.8) is 0 Å². The number of benzene rings is 3. The minimum Gasteiger partial charge on any atom is -0.352 e. The Morgan fingerprint density at radius 1 is 0.868 bits per heavy atom. The van der Waals surface area contributed by atoms with E-state index in [1.807, 2.05) is 12.1 Å². The third-order valence-electron chi connectivity index (χ3n) is 7.32. The van der Waals surface area contributed by atoms with E-state index in [0.29, 0.717) is 30.6 Å². The molecule has 2 aliphatic rings. The number of amides is 2. The molecule has 2 atom stereocenters. The van der Waals surface area contributed by atoms with Crippen LogP contribution in [0.15, 0.2) is 89.9 Å². The molecule has 2 aliphatic heterocycles. The Kier molecular flexibility index (Phi) is 7.43. The molecule has 0 radical (unpaired) electrons. The van der Waals surface area contributed by atoms with E-state index in [4.69, 9.17) is 4.99 Å². The molecule has 0 aromatic heterocycles. The fraction of sp³-hybridized carbons (Fsp3) is 0.344. The number of imide groups is 1. The number of hydrogen-bond donors (Lipinski definition) is 1. The normalized spacial score (nSPS) is 18.1. The van der Waals surface area contributed by atoms with Gasteiger partial charge >= 0.3 is 0 Å². The number of amidine groups is 1. The Morgan fingerprint density at radius 3 is 2.05 bits per heavy atom. The first-order valence-electron chi connectivity index (χ1n) is 13.4. The van der Waals surface area contributed by atoms with Crippen molar-refractivity contribution in [2.75, 3.05) is 19.6 Å². The number of fused-ring (bicyclic) bond motifs is 1. The Hall–Kier alpha value is -3.77. The lowest BCUT2D eigenvalue weighted by atomic mass is 9.85. The molecule has 1 N–H and O–H groups in total. The fourth-order valence-electron chi connectivity index (χ4n) is 5.36. The van der Waals surface area contributed by atoms with Crippen LogP contribution >= 0.6 is 0 Å². The van der Waals surface area contributed by atoms with Crippen molar-refractivity contribution in [2.24, 2.45) is 10.4 Å². The van der Waals surface area contributed by atoms with E-state index in [2.05, 4.69) is 79.5 Å². The van der Waals surface area contributed by atoms with E-state index in [1.54, 1.807) is 24.3 Å². The molecule has 3 aromatic carbocycles. The summed E-state index contributed by atoms with van der Waals surface area (Å²) in [5, 5.41) is 3.74. The van der Waals surface area contributed by atoms with Crippen LogP contribution in [0.2, 0.25) is 0 Å². The highest BCUT2D eigenvalue weighted by Crippen LogP contribution is 2.32. The Morgan fingerprint density at radius 2 is 1.45 bits per heavy atom. The maximum absolute atomic E-state index is 12.7. The second-order valence-electron chi connectivity index (χ2n) is 11.2. The van der Waals surface area contributed by atoms with Gasteiger partial charge in [0.05, 0.1) is 23.2 Å². The van der Waals surface area contributed by atoms with Crippen LogP contribution in [0.4, 0.5) is 0 Å². The summed E-state index contributed by atoms with van der Waals surface area (Å²) in [4.78, 5) is 34.5. The number of rotatable bonds is 9. The number of nitrogens with zero attached hydrogens (tertiary/aromatic N) is 3. The van der Waals surface area contributed by atoms with E-state index in [0.717, 1.165) is 18.9 Å². The highest BCUT2D eigenvalue weighted by Gasteiger charge is 2.38. The molecule has 196 valence electrons. The molecule has 6 nitrogen and oxygen atoms in total. The highest BCUT2D eigenvalue weighted by molar-refractivity contribution is 6.21. The minimum absolute atomic E-state index is 0.0158. The van der Waals surface area contributed by atoms with Gasteiger partial charge in [-0.25, -0.2) is 0 Å². The Bertz CT molecular complexity index is 1280. The molecule has 5 rings (SSSR count). The molecule has 0 saturated carbocycles. The summed E-state index contributed by atoms with van der Waals surface area (Å²) >= 11 is 0. The van der Waals surface area contributed by atoms with Gasteiger partial charge in [-0.15, -0.1) is 0 Å². The Balaban J connectivity index is 1.30. The van der Waals surface area contributed by atoms with Crippen LogP contribution in [0.3, 0.4) is 0 Å². The van der Waals surface area contributed by atoms with Crippen LogP contribution in [0, 0.1) is 5.41 Å². The van der Waals surface area contributed by atoms with Crippen molar-refractivity contribution >= 4 is 17.6 Å². The second-order valence-corrected chi connectivity index (χ2v) is 11.2. The van der Waals surface area contributed by atoms with E-state index in [1.165, 1.54) is 16.0 Å². The first kappa shape index (κ1) is 25.9. The summed E-state index contributed by atoms with van der Waals surface area (Å²) in [6.45, 7) is 9.38. The first-order valence-corrected chi connectivity index (χ1v) is 13.4. The third kappa shape index (κ3) is 5.41. The second kappa shape index (κ2) is 10.9. The molecule has 0 fully saturated rings. The molecule has 2 heterocycles. The zero-order valence-corrected chi connectivity index (χ0v) is 22.4. The van der Waals surface area contributed by atoms with Crippen molar-refractivity contribution in [2.45, 2.75) is 45.8 Å². The maximum atomic E-state index is 12.7. The summed E-state index contributed by atoms with van der Waals surface area (Å²) in [6, 6.07) is 28.2. The number of hydrogen-bond acceptors (Lipinski definition) is 5. The number of carbonyl (C=O) groups excluding carboxylic acids is 2. The number of nitrogens with one attached hydrogen (secondary N) is 1. The van der Waals surface area contributed by atoms with Gasteiger partial charge in [-0.3, -0.25) is 19.5 Å². The Labute approximate surface area is 225 Å². The van der Waals surface area contributed by atoms with Crippen LogP contribution in [0.5, 0.6) is 0 Å². The average Bonchev–Trinajstić information content (AvgIpc) is 3.43. The molecule has 38 heavy (non-hydrogen) atoms. The molecule has 1 unspecified atom stereocenters. The molecule has 2 amide bonds. The molecule has 6 heteroatoms. The van der Waals surface area contributed by atoms with Crippen molar-refractivity contribution < 1.29 is 9.59 Å². The quantitative estimate of drug-likeness (QED) is 0.313. The minimum atomic E-state index is -0.196. The van der Waals surface area contributed by atoms with Gasteiger partial charge in [0.1, 0.15) is 5.84 Å². The first-order chi connectivity index (χ1) is 18.3. The maximum Gasteiger partial charge on any atom is 0.261 e. The van der Waals surface area contributed by atoms with Gasteiger partial charge in [-0.1, -0.05) is 93.6 Å². The smallest absolute Gasteiger partial charge is 0.261 e.